The zero-order valence-electron chi connectivity index (χ0n) is 11.5. The molecule has 112 valence electrons. The normalized spacial score (nSPS) is 12.9. The van der Waals surface area contributed by atoms with Gasteiger partial charge in [0.25, 0.3) is 15.0 Å². The van der Waals surface area contributed by atoms with E-state index >= 15 is 0 Å². The van der Waals surface area contributed by atoms with Crippen LogP contribution in [0, 0.1) is 0 Å². The van der Waals surface area contributed by atoms with Gasteiger partial charge in [0, 0.05) is 28.5 Å². The molecule has 0 bridgehead atoms. The highest BCUT2D eigenvalue weighted by atomic mass is 35.7. The maximum absolute atomic E-state index is 11.6. The predicted molar refractivity (Wildman–Crippen MR) is 81.1 cm³/mol. The lowest BCUT2D eigenvalue weighted by Gasteiger charge is -2.15. The van der Waals surface area contributed by atoms with Gasteiger partial charge in [-0.25, -0.2) is 8.42 Å². The third-order valence-electron chi connectivity index (χ3n) is 3.03. The number of hydrogen-bond acceptors (Lipinski definition) is 4. The van der Waals surface area contributed by atoms with Crippen molar-refractivity contribution in [3.8, 4) is 5.75 Å². The summed E-state index contributed by atoms with van der Waals surface area (Å²) in [6.45, 7) is 1.61. The largest absolute Gasteiger partial charge is 0.480 e. The highest BCUT2D eigenvalue weighted by Crippen LogP contribution is 2.33. The van der Waals surface area contributed by atoms with Crippen molar-refractivity contribution in [2.75, 3.05) is 7.05 Å². The molecule has 1 atom stereocenters. The minimum atomic E-state index is -3.86. The Morgan fingerprint density at radius 2 is 1.81 bits per heavy atom. The van der Waals surface area contributed by atoms with E-state index in [-0.39, 0.29) is 10.8 Å². The van der Waals surface area contributed by atoms with Crippen molar-refractivity contribution < 1.29 is 17.9 Å². The second-order valence-electron chi connectivity index (χ2n) is 4.42. The van der Waals surface area contributed by atoms with Crippen molar-refractivity contribution in [1.82, 2.24) is 5.32 Å². The van der Waals surface area contributed by atoms with Crippen LogP contribution >= 0.6 is 10.7 Å². The van der Waals surface area contributed by atoms with Crippen LogP contribution in [0.15, 0.2) is 41.3 Å². The van der Waals surface area contributed by atoms with Crippen molar-refractivity contribution >= 4 is 36.4 Å². The monoisotopic (exact) mass is 327 g/mol. The van der Waals surface area contributed by atoms with Crippen LogP contribution in [0.5, 0.6) is 5.75 Å². The highest BCUT2D eigenvalue weighted by Gasteiger charge is 2.19. The Morgan fingerprint density at radius 1 is 1.19 bits per heavy atom. The molecule has 2 aromatic carbocycles. The van der Waals surface area contributed by atoms with Gasteiger partial charge >= 0.3 is 0 Å². The topological polar surface area (TPSA) is 72.5 Å². The molecule has 7 heteroatoms. The van der Waals surface area contributed by atoms with Crippen molar-refractivity contribution in [3.63, 3.8) is 0 Å². The van der Waals surface area contributed by atoms with E-state index < -0.39 is 15.2 Å². The average Bonchev–Trinajstić information content (AvgIpc) is 2.45. The van der Waals surface area contributed by atoms with Crippen LogP contribution in [0.4, 0.5) is 0 Å². The summed E-state index contributed by atoms with van der Waals surface area (Å²) in [4.78, 5) is 11.5. The molecule has 2 rings (SSSR count). The van der Waals surface area contributed by atoms with Crippen LogP contribution in [0.3, 0.4) is 0 Å². The summed E-state index contributed by atoms with van der Waals surface area (Å²) in [6.07, 6.45) is -0.697. The van der Waals surface area contributed by atoms with Crippen LogP contribution < -0.4 is 10.1 Å². The lowest BCUT2D eigenvalue weighted by Crippen LogP contribution is -2.33. The molecule has 0 aliphatic rings. The first-order chi connectivity index (χ1) is 9.84. The first-order valence-corrected chi connectivity index (χ1v) is 8.50. The van der Waals surface area contributed by atoms with Gasteiger partial charge in [0.15, 0.2) is 6.10 Å². The minimum absolute atomic E-state index is 0.0136. The summed E-state index contributed by atoms with van der Waals surface area (Å²) < 4.78 is 28.8. The maximum atomic E-state index is 11.6. The van der Waals surface area contributed by atoms with E-state index in [0.29, 0.717) is 16.5 Å². The summed E-state index contributed by atoms with van der Waals surface area (Å²) in [5.74, 6) is 0.152. The Bertz CT molecular complexity index is 789. The van der Waals surface area contributed by atoms with Crippen molar-refractivity contribution in [2.45, 2.75) is 17.9 Å². The van der Waals surface area contributed by atoms with Crippen LogP contribution in [0.2, 0.25) is 0 Å². The Balaban J connectivity index is 2.56. The van der Waals surface area contributed by atoms with Gasteiger partial charge in [0.1, 0.15) is 5.75 Å². The number of nitrogens with one attached hydrogen (secondary N) is 1. The van der Waals surface area contributed by atoms with Crippen LogP contribution in [0.1, 0.15) is 6.92 Å². The van der Waals surface area contributed by atoms with Crippen molar-refractivity contribution in [1.29, 1.82) is 0 Å². The van der Waals surface area contributed by atoms with E-state index in [2.05, 4.69) is 5.32 Å². The average molecular weight is 328 g/mol. The molecule has 0 aliphatic heterocycles. The number of carbonyl (C=O) groups excluding carboxylic acids is 1. The molecule has 0 saturated heterocycles. The summed E-state index contributed by atoms with van der Waals surface area (Å²) >= 11 is 0. The number of likely N-dealkylation sites (N-methyl/N-ethyl adjacent to an activating group) is 1. The summed E-state index contributed by atoms with van der Waals surface area (Å²) in [5.41, 5.74) is 0. The van der Waals surface area contributed by atoms with E-state index in [4.69, 9.17) is 15.4 Å². The second-order valence-corrected chi connectivity index (χ2v) is 6.95. The zero-order chi connectivity index (χ0) is 15.6. The molecule has 0 heterocycles. The fourth-order valence-corrected chi connectivity index (χ4v) is 3.08. The Morgan fingerprint density at radius 3 is 2.38 bits per heavy atom. The minimum Gasteiger partial charge on any atom is -0.480 e. The number of rotatable bonds is 4. The Kier molecular flexibility index (Phi) is 4.39. The number of hydrogen-bond donors (Lipinski definition) is 1. The van der Waals surface area contributed by atoms with Crippen molar-refractivity contribution in [2.24, 2.45) is 0 Å². The Labute approximate surface area is 127 Å². The first kappa shape index (κ1) is 15.6. The van der Waals surface area contributed by atoms with Gasteiger partial charge in [-0.2, -0.15) is 0 Å². The van der Waals surface area contributed by atoms with E-state index in [9.17, 15) is 13.2 Å². The molecular formula is C14H14ClNO4S. The number of benzene rings is 2. The molecular weight excluding hydrogens is 314 g/mol. The number of carbonyl (C=O) groups is 1. The summed E-state index contributed by atoms with van der Waals surface area (Å²) in [5, 5.41) is 3.52. The molecule has 0 spiro atoms. The fraction of sp³-hybridized carbons (Fsp3) is 0.214. The van der Waals surface area contributed by atoms with E-state index in [1.54, 1.807) is 31.2 Å². The molecule has 0 saturated carbocycles. The third kappa shape index (κ3) is 3.28. The zero-order valence-corrected chi connectivity index (χ0v) is 13.0. The van der Waals surface area contributed by atoms with Gasteiger partial charge < -0.3 is 10.1 Å². The third-order valence-corrected chi connectivity index (χ3v) is 4.41. The quantitative estimate of drug-likeness (QED) is 0.874. The molecule has 0 aliphatic carbocycles. The predicted octanol–water partition coefficient (Wildman–Crippen LogP) is 2.28. The van der Waals surface area contributed by atoms with Crippen LogP contribution in [-0.2, 0) is 13.8 Å². The number of amides is 1. The summed E-state index contributed by atoms with van der Waals surface area (Å²) in [6, 6.07) is 9.69. The van der Waals surface area contributed by atoms with Gasteiger partial charge in [0.2, 0.25) is 0 Å². The van der Waals surface area contributed by atoms with Gasteiger partial charge in [-0.1, -0.05) is 24.3 Å². The van der Waals surface area contributed by atoms with Gasteiger partial charge in [-0.15, -0.1) is 0 Å². The smallest absolute Gasteiger partial charge is 0.261 e. The molecule has 1 N–H and O–H groups in total. The highest BCUT2D eigenvalue weighted by molar-refractivity contribution is 8.14. The molecule has 0 radical (unpaired) electrons. The molecule has 0 fully saturated rings. The molecule has 0 aromatic heterocycles. The van der Waals surface area contributed by atoms with Gasteiger partial charge in [-0.05, 0) is 19.1 Å². The standard InChI is InChI=1S/C14H14ClNO4S/c1-9(14(17)16-2)20-12-7-8-13(21(15,18)19)11-6-4-3-5-10(11)12/h3-9H,1-2H3,(H,16,17). The maximum Gasteiger partial charge on any atom is 0.261 e. The van der Waals surface area contributed by atoms with Crippen LogP contribution in [0.25, 0.3) is 10.8 Å². The van der Waals surface area contributed by atoms with Crippen molar-refractivity contribution in [3.05, 3.63) is 36.4 Å². The number of halogens is 1. The molecule has 5 nitrogen and oxygen atoms in total. The lowest BCUT2D eigenvalue weighted by atomic mass is 10.1. The second kappa shape index (κ2) is 5.91. The van der Waals surface area contributed by atoms with Crippen LogP contribution in [-0.4, -0.2) is 27.5 Å². The van der Waals surface area contributed by atoms with E-state index in [1.807, 2.05) is 0 Å². The van der Waals surface area contributed by atoms with Gasteiger partial charge in [-0.3, -0.25) is 4.79 Å². The number of ether oxygens (including phenoxy) is 1. The lowest BCUT2D eigenvalue weighted by molar-refractivity contribution is -0.126. The van der Waals surface area contributed by atoms with E-state index in [1.165, 1.54) is 19.2 Å². The number of fused-ring (bicyclic) bond motifs is 1. The molecule has 1 amide bonds. The molecule has 1 unspecified atom stereocenters. The molecule has 21 heavy (non-hydrogen) atoms. The van der Waals surface area contributed by atoms with Gasteiger partial charge in [0.05, 0.1) is 4.90 Å². The van der Waals surface area contributed by atoms with E-state index in [0.717, 1.165) is 0 Å². The SMILES string of the molecule is CNC(=O)C(C)Oc1ccc(S(=O)(=O)Cl)c2ccccc12. The first-order valence-electron chi connectivity index (χ1n) is 6.19. The Hall–Kier alpha value is -1.79. The fourth-order valence-electron chi connectivity index (χ4n) is 2.01. The molecule has 2 aromatic rings. The summed E-state index contributed by atoms with van der Waals surface area (Å²) in [7, 11) is 3.09.